The lowest BCUT2D eigenvalue weighted by Crippen LogP contribution is -2.23. The molecule has 25 heavy (non-hydrogen) atoms. The predicted molar refractivity (Wildman–Crippen MR) is 99.1 cm³/mol. The first kappa shape index (κ1) is 18.5. The maximum Gasteiger partial charge on any atom is 0.262 e. The average molecular weight is 340 g/mol. The normalized spacial score (nSPS) is 10.2. The van der Waals surface area contributed by atoms with E-state index in [2.05, 4.69) is 10.6 Å². The van der Waals surface area contributed by atoms with Crippen molar-refractivity contribution >= 4 is 17.5 Å². The molecule has 132 valence electrons. The highest BCUT2D eigenvalue weighted by Gasteiger charge is 2.09. The van der Waals surface area contributed by atoms with Gasteiger partial charge in [0.25, 0.3) is 11.8 Å². The highest BCUT2D eigenvalue weighted by atomic mass is 16.5. The third-order valence-corrected chi connectivity index (χ3v) is 3.71. The first-order valence-corrected chi connectivity index (χ1v) is 8.44. The summed E-state index contributed by atoms with van der Waals surface area (Å²) in [7, 11) is 0. The van der Waals surface area contributed by atoms with Gasteiger partial charge in [0.15, 0.2) is 6.61 Å². The van der Waals surface area contributed by atoms with Gasteiger partial charge in [-0.2, -0.15) is 0 Å². The van der Waals surface area contributed by atoms with Gasteiger partial charge in [0, 0.05) is 17.8 Å². The zero-order valence-corrected chi connectivity index (χ0v) is 14.9. The number of carbonyl (C=O) groups is 2. The summed E-state index contributed by atoms with van der Waals surface area (Å²) in [5.41, 5.74) is 3.23. The largest absolute Gasteiger partial charge is 0.483 e. The molecular weight excluding hydrogens is 316 g/mol. The van der Waals surface area contributed by atoms with Crippen LogP contribution in [0.2, 0.25) is 0 Å². The van der Waals surface area contributed by atoms with Crippen molar-refractivity contribution in [2.24, 2.45) is 0 Å². The van der Waals surface area contributed by atoms with E-state index >= 15 is 0 Å². The van der Waals surface area contributed by atoms with Crippen LogP contribution in [-0.4, -0.2) is 25.0 Å². The smallest absolute Gasteiger partial charge is 0.262 e. The molecule has 2 rings (SSSR count). The quantitative estimate of drug-likeness (QED) is 0.812. The summed E-state index contributed by atoms with van der Waals surface area (Å²) in [6.45, 7) is 6.36. The SMILES string of the molecule is CCNC(=O)c1cccc(NC(=O)COc2cc(C)ccc2CC)c1. The van der Waals surface area contributed by atoms with Gasteiger partial charge in [-0.3, -0.25) is 9.59 Å². The minimum Gasteiger partial charge on any atom is -0.483 e. The number of nitrogens with one attached hydrogen (secondary N) is 2. The zero-order valence-electron chi connectivity index (χ0n) is 14.9. The molecule has 0 bridgehead atoms. The van der Waals surface area contributed by atoms with E-state index in [9.17, 15) is 9.59 Å². The van der Waals surface area contributed by atoms with Gasteiger partial charge < -0.3 is 15.4 Å². The Hall–Kier alpha value is -2.82. The molecule has 0 aliphatic carbocycles. The molecule has 0 spiro atoms. The number of amides is 2. The van der Waals surface area contributed by atoms with Crippen molar-refractivity contribution in [3.8, 4) is 5.75 Å². The van der Waals surface area contributed by atoms with Crippen LogP contribution >= 0.6 is 0 Å². The average Bonchev–Trinajstić information content (AvgIpc) is 2.60. The standard InChI is InChI=1S/C20H24N2O3/c1-4-15-10-9-14(3)11-18(15)25-13-19(23)22-17-8-6-7-16(12-17)20(24)21-5-2/h6-12H,4-5,13H2,1-3H3,(H,21,24)(H,22,23). The molecule has 0 unspecified atom stereocenters. The molecule has 0 saturated heterocycles. The zero-order chi connectivity index (χ0) is 18.2. The van der Waals surface area contributed by atoms with E-state index in [4.69, 9.17) is 4.74 Å². The van der Waals surface area contributed by atoms with Crippen LogP contribution in [-0.2, 0) is 11.2 Å². The molecule has 2 N–H and O–H groups in total. The van der Waals surface area contributed by atoms with E-state index in [-0.39, 0.29) is 18.4 Å². The molecule has 2 aromatic carbocycles. The van der Waals surface area contributed by atoms with Gasteiger partial charge in [0.1, 0.15) is 5.75 Å². The number of anilines is 1. The van der Waals surface area contributed by atoms with Crippen LogP contribution < -0.4 is 15.4 Å². The molecule has 5 heteroatoms. The van der Waals surface area contributed by atoms with Crippen molar-refractivity contribution in [2.45, 2.75) is 27.2 Å². The van der Waals surface area contributed by atoms with Gasteiger partial charge in [0.05, 0.1) is 0 Å². The van der Waals surface area contributed by atoms with Crippen molar-refractivity contribution in [3.05, 3.63) is 59.2 Å². The van der Waals surface area contributed by atoms with E-state index in [1.807, 2.05) is 39.0 Å². The molecule has 2 amide bonds. The predicted octanol–water partition coefficient (Wildman–Crippen LogP) is 3.32. The highest BCUT2D eigenvalue weighted by molar-refractivity contribution is 5.97. The molecule has 0 radical (unpaired) electrons. The molecule has 0 aliphatic heterocycles. The Morgan fingerprint density at radius 1 is 1.08 bits per heavy atom. The van der Waals surface area contributed by atoms with Crippen molar-refractivity contribution in [3.63, 3.8) is 0 Å². The Bertz CT molecular complexity index is 756. The number of aryl methyl sites for hydroxylation is 2. The number of carbonyl (C=O) groups excluding carboxylic acids is 2. The lowest BCUT2D eigenvalue weighted by Gasteiger charge is -2.12. The minimum absolute atomic E-state index is 0.0815. The lowest BCUT2D eigenvalue weighted by atomic mass is 10.1. The van der Waals surface area contributed by atoms with Crippen molar-refractivity contribution in [1.82, 2.24) is 5.32 Å². The first-order chi connectivity index (χ1) is 12.0. The summed E-state index contributed by atoms with van der Waals surface area (Å²) in [4.78, 5) is 24.0. The Balaban J connectivity index is 1.98. The lowest BCUT2D eigenvalue weighted by molar-refractivity contribution is -0.118. The highest BCUT2D eigenvalue weighted by Crippen LogP contribution is 2.21. The molecule has 0 aromatic heterocycles. The van der Waals surface area contributed by atoms with Gasteiger partial charge in [-0.15, -0.1) is 0 Å². The van der Waals surface area contributed by atoms with Gasteiger partial charge in [-0.05, 0) is 55.7 Å². The molecule has 0 aliphatic rings. The number of hydrogen-bond donors (Lipinski definition) is 2. The van der Waals surface area contributed by atoms with E-state index in [0.29, 0.717) is 17.8 Å². The van der Waals surface area contributed by atoms with E-state index < -0.39 is 0 Å². The van der Waals surface area contributed by atoms with Gasteiger partial charge in [0.2, 0.25) is 0 Å². The Labute approximate surface area is 148 Å². The second kappa shape index (κ2) is 8.87. The maximum atomic E-state index is 12.1. The molecule has 0 heterocycles. The molecule has 0 saturated carbocycles. The fourth-order valence-electron chi connectivity index (χ4n) is 2.43. The molecule has 0 atom stereocenters. The summed E-state index contributed by atoms with van der Waals surface area (Å²) >= 11 is 0. The van der Waals surface area contributed by atoms with Crippen LogP contribution in [0.1, 0.15) is 35.3 Å². The molecule has 5 nitrogen and oxygen atoms in total. The summed E-state index contributed by atoms with van der Waals surface area (Å²) in [5.74, 6) is 0.299. The third-order valence-electron chi connectivity index (χ3n) is 3.71. The van der Waals surface area contributed by atoms with E-state index in [0.717, 1.165) is 23.3 Å². The van der Waals surface area contributed by atoms with Crippen LogP contribution in [0, 0.1) is 6.92 Å². The first-order valence-electron chi connectivity index (χ1n) is 8.44. The second-order valence-corrected chi connectivity index (χ2v) is 5.74. The summed E-state index contributed by atoms with van der Waals surface area (Å²) in [6.07, 6.45) is 0.839. The minimum atomic E-state index is -0.267. The number of hydrogen-bond acceptors (Lipinski definition) is 3. The summed E-state index contributed by atoms with van der Waals surface area (Å²) in [6, 6.07) is 12.8. The van der Waals surface area contributed by atoms with E-state index in [1.54, 1.807) is 24.3 Å². The maximum absolute atomic E-state index is 12.1. The van der Waals surface area contributed by atoms with Crippen LogP contribution in [0.3, 0.4) is 0 Å². The van der Waals surface area contributed by atoms with Crippen LogP contribution in [0.4, 0.5) is 5.69 Å². The fourth-order valence-corrected chi connectivity index (χ4v) is 2.43. The van der Waals surface area contributed by atoms with Crippen LogP contribution in [0.5, 0.6) is 5.75 Å². The van der Waals surface area contributed by atoms with Crippen molar-refractivity contribution < 1.29 is 14.3 Å². The summed E-state index contributed by atoms with van der Waals surface area (Å²) in [5, 5.41) is 5.49. The van der Waals surface area contributed by atoms with Crippen molar-refractivity contribution in [1.29, 1.82) is 0 Å². The van der Waals surface area contributed by atoms with Gasteiger partial charge in [-0.25, -0.2) is 0 Å². The van der Waals surface area contributed by atoms with Gasteiger partial charge >= 0.3 is 0 Å². The monoisotopic (exact) mass is 340 g/mol. The third kappa shape index (κ3) is 5.35. The molecular formula is C20H24N2O3. The Morgan fingerprint density at radius 3 is 2.60 bits per heavy atom. The molecule has 2 aromatic rings. The topological polar surface area (TPSA) is 67.4 Å². The Morgan fingerprint density at radius 2 is 1.88 bits per heavy atom. The van der Waals surface area contributed by atoms with Gasteiger partial charge in [-0.1, -0.05) is 25.1 Å². The number of ether oxygens (including phenoxy) is 1. The summed E-state index contributed by atoms with van der Waals surface area (Å²) < 4.78 is 5.67. The van der Waals surface area contributed by atoms with Crippen molar-refractivity contribution in [2.75, 3.05) is 18.5 Å². The second-order valence-electron chi connectivity index (χ2n) is 5.74. The fraction of sp³-hybridized carbons (Fsp3) is 0.300. The molecule has 0 fully saturated rings. The number of rotatable bonds is 7. The van der Waals surface area contributed by atoms with E-state index in [1.165, 1.54) is 0 Å². The number of benzene rings is 2. The van der Waals surface area contributed by atoms with Crippen LogP contribution in [0.25, 0.3) is 0 Å². The Kier molecular flexibility index (Phi) is 6.57. The van der Waals surface area contributed by atoms with Crippen LogP contribution in [0.15, 0.2) is 42.5 Å².